The summed E-state index contributed by atoms with van der Waals surface area (Å²) >= 11 is 0. The van der Waals surface area contributed by atoms with Crippen molar-refractivity contribution in [3.63, 3.8) is 0 Å². The first-order valence-corrected chi connectivity index (χ1v) is 6.33. The van der Waals surface area contributed by atoms with Crippen molar-refractivity contribution in [3.8, 4) is 0 Å². The predicted octanol–water partition coefficient (Wildman–Crippen LogP) is -1.36. The highest BCUT2D eigenvalue weighted by atomic mass is 16.4. The molecule has 0 aliphatic rings. The van der Waals surface area contributed by atoms with Crippen molar-refractivity contribution in [2.24, 2.45) is 11.5 Å². The molecule has 0 bridgehead atoms. The van der Waals surface area contributed by atoms with Gasteiger partial charge in [0.25, 0.3) is 0 Å². The van der Waals surface area contributed by atoms with Gasteiger partial charge in [-0.3, -0.25) is 4.79 Å². The Morgan fingerprint density at radius 1 is 1.14 bits per heavy atom. The number of hydrogen-bond acceptors (Lipinski definition) is 6. The molecule has 0 unspecified atom stereocenters. The average Bonchev–Trinajstić information content (AvgIpc) is 3.12. The molecule has 0 aliphatic carbocycles. The Morgan fingerprint density at radius 2 is 1.67 bits per heavy atom. The SMILES string of the molecule is N[C@@H](Cc1c[nH]cn1)C(=O)O.N[C@H](CO)Cc1c[nH]cn1. The number of rotatable bonds is 6. The van der Waals surface area contributed by atoms with Crippen LogP contribution in [0.2, 0.25) is 0 Å². The molecule has 2 aromatic rings. The van der Waals surface area contributed by atoms with E-state index in [-0.39, 0.29) is 19.1 Å². The molecule has 0 aliphatic heterocycles. The number of aliphatic carboxylic acids is 1. The number of aliphatic hydroxyl groups excluding tert-OH is 1. The van der Waals surface area contributed by atoms with Gasteiger partial charge in [-0.05, 0) is 0 Å². The monoisotopic (exact) mass is 296 g/mol. The molecule has 2 rings (SSSR count). The van der Waals surface area contributed by atoms with E-state index in [4.69, 9.17) is 21.7 Å². The average molecular weight is 296 g/mol. The minimum Gasteiger partial charge on any atom is -0.480 e. The summed E-state index contributed by atoms with van der Waals surface area (Å²) in [6.45, 7) is 0.00681. The molecule has 0 aromatic carbocycles. The number of H-pyrrole nitrogens is 2. The number of aromatic amines is 2. The second-order valence-corrected chi connectivity index (χ2v) is 4.42. The van der Waals surface area contributed by atoms with Crippen LogP contribution in [-0.4, -0.2) is 54.8 Å². The van der Waals surface area contributed by atoms with Crippen molar-refractivity contribution in [2.45, 2.75) is 24.9 Å². The summed E-state index contributed by atoms with van der Waals surface area (Å²) < 4.78 is 0. The molecule has 9 nitrogen and oxygen atoms in total. The molecule has 21 heavy (non-hydrogen) atoms. The number of aromatic nitrogens is 4. The highest BCUT2D eigenvalue weighted by Gasteiger charge is 2.12. The van der Waals surface area contributed by atoms with Crippen LogP contribution in [0.25, 0.3) is 0 Å². The van der Waals surface area contributed by atoms with Crippen molar-refractivity contribution in [1.29, 1.82) is 0 Å². The number of imidazole rings is 2. The van der Waals surface area contributed by atoms with Crippen LogP contribution in [-0.2, 0) is 17.6 Å². The van der Waals surface area contributed by atoms with Crippen molar-refractivity contribution in [3.05, 3.63) is 36.4 Å². The van der Waals surface area contributed by atoms with E-state index in [2.05, 4.69) is 19.9 Å². The van der Waals surface area contributed by atoms with E-state index in [0.717, 1.165) is 5.69 Å². The Balaban J connectivity index is 0.000000211. The van der Waals surface area contributed by atoms with Gasteiger partial charge in [-0.25, -0.2) is 9.97 Å². The van der Waals surface area contributed by atoms with Crippen molar-refractivity contribution < 1.29 is 15.0 Å². The minimum absolute atomic E-state index is 0.00681. The first-order valence-electron chi connectivity index (χ1n) is 6.33. The fourth-order valence-corrected chi connectivity index (χ4v) is 1.45. The molecule has 0 saturated heterocycles. The van der Waals surface area contributed by atoms with E-state index < -0.39 is 12.0 Å². The van der Waals surface area contributed by atoms with Crippen LogP contribution in [0.4, 0.5) is 0 Å². The van der Waals surface area contributed by atoms with Crippen LogP contribution in [0.1, 0.15) is 11.4 Å². The maximum atomic E-state index is 10.3. The maximum Gasteiger partial charge on any atom is 0.320 e. The summed E-state index contributed by atoms with van der Waals surface area (Å²) in [5, 5.41) is 17.0. The molecule has 0 fully saturated rings. The smallest absolute Gasteiger partial charge is 0.320 e. The fourth-order valence-electron chi connectivity index (χ4n) is 1.45. The van der Waals surface area contributed by atoms with E-state index in [9.17, 15) is 4.79 Å². The third-order valence-electron chi connectivity index (χ3n) is 2.56. The quantitative estimate of drug-likeness (QED) is 0.382. The maximum absolute atomic E-state index is 10.3. The van der Waals surface area contributed by atoms with Gasteiger partial charge in [0.1, 0.15) is 6.04 Å². The Hall–Kier alpha value is -2.23. The second-order valence-electron chi connectivity index (χ2n) is 4.42. The van der Waals surface area contributed by atoms with Gasteiger partial charge in [0.2, 0.25) is 0 Å². The van der Waals surface area contributed by atoms with Crippen LogP contribution in [0.15, 0.2) is 25.0 Å². The van der Waals surface area contributed by atoms with E-state index in [0.29, 0.717) is 12.1 Å². The summed E-state index contributed by atoms with van der Waals surface area (Å²) in [4.78, 5) is 23.6. The Bertz CT molecular complexity index is 499. The van der Waals surface area contributed by atoms with Crippen molar-refractivity contribution in [2.75, 3.05) is 6.61 Å². The summed E-state index contributed by atoms with van der Waals surface area (Å²) in [5.41, 5.74) is 12.3. The summed E-state index contributed by atoms with van der Waals surface area (Å²) in [7, 11) is 0. The number of nitrogens with two attached hydrogens (primary N) is 2. The molecule has 8 N–H and O–H groups in total. The molecule has 116 valence electrons. The van der Waals surface area contributed by atoms with Gasteiger partial charge in [0.05, 0.1) is 30.6 Å². The molecule has 0 spiro atoms. The Labute approximate surface area is 121 Å². The first-order chi connectivity index (χ1) is 10.0. The molecule has 2 aromatic heterocycles. The van der Waals surface area contributed by atoms with Gasteiger partial charge in [-0.15, -0.1) is 0 Å². The zero-order chi connectivity index (χ0) is 15.7. The molecule has 2 heterocycles. The van der Waals surface area contributed by atoms with E-state index >= 15 is 0 Å². The van der Waals surface area contributed by atoms with Crippen LogP contribution in [0.5, 0.6) is 0 Å². The largest absolute Gasteiger partial charge is 0.480 e. The molecular weight excluding hydrogens is 276 g/mol. The third-order valence-corrected chi connectivity index (χ3v) is 2.56. The lowest BCUT2D eigenvalue weighted by Gasteiger charge is -2.03. The lowest BCUT2D eigenvalue weighted by Crippen LogP contribution is -2.32. The highest BCUT2D eigenvalue weighted by molar-refractivity contribution is 5.73. The van der Waals surface area contributed by atoms with Gasteiger partial charge < -0.3 is 31.6 Å². The van der Waals surface area contributed by atoms with Gasteiger partial charge >= 0.3 is 5.97 Å². The molecule has 0 saturated carbocycles. The number of carbonyl (C=O) groups is 1. The van der Waals surface area contributed by atoms with Crippen LogP contribution in [0, 0.1) is 0 Å². The van der Waals surface area contributed by atoms with Crippen molar-refractivity contribution in [1.82, 2.24) is 19.9 Å². The molecule has 2 atom stereocenters. The van der Waals surface area contributed by atoms with Crippen molar-refractivity contribution >= 4 is 5.97 Å². The molecule has 0 radical (unpaired) electrons. The second kappa shape index (κ2) is 8.84. The van der Waals surface area contributed by atoms with E-state index in [1.54, 1.807) is 18.7 Å². The molecule has 0 amide bonds. The van der Waals surface area contributed by atoms with E-state index in [1.807, 2.05) is 0 Å². The van der Waals surface area contributed by atoms with Gasteiger partial charge in [-0.1, -0.05) is 0 Å². The van der Waals surface area contributed by atoms with Crippen LogP contribution in [0.3, 0.4) is 0 Å². The predicted molar refractivity (Wildman–Crippen MR) is 75.3 cm³/mol. The number of nitrogens with zero attached hydrogens (tertiary/aromatic N) is 2. The van der Waals surface area contributed by atoms with Crippen LogP contribution >= 0.6 is 0 Å². The number of carboxylic acids is 1. The van der Waals surface area contributed by atoms with Crippen LogP contribution < -0.4 is 11.5 Å². The zero-order valence-corrected chi connectivity index (χ0v) is 11.4. The summed E-state index contributed by atoms with van der Waals surface area (Å²) in [6, 6.07) is -1.05. The third kappa shape index (κ3) is 6.65. The summed E-state index contributed by atoms with van der Waals surface area (Å²) in [6.07, 6.45) is 7.38. The molecular formula is C12H20N6O3. The standard InChI is InChI=1S/C6H9N3O2.C6H11N3O/c7-5(6(10)11)1-4-2-8-3-9-4;7-5(3-10)1-6-2-8-4-9-6/h2-3,5H,1,7H2,(H,8,9)(H,10,11);2,4-5,10H,1,3,7H2,(H,8,9)/t2*5-/m00/s1. The minimum atomic E-state index is -1.01. The highest BCUT2D eigenvalue weighted by Crippen LogP contribution is 1.95. The van der Waals surface area contributed by atoms with Gasteiger partial charge in [0.15, 0.2) is 0 Å². The zero-order valence-electron chi connectivity index (χ0n) is 11.4. The Kier molecular flexibility index (Phi) is 7.09. The lowest BCUT2D eigenvalue weighted by atomic mass is 10.2. The lowest BCUT2D eigenvalue weighted by molar-refractivity contribution is -0.138. The van der Waals surface area contributed by atoms with Gasteiger partial charge in [-0.2, -0.15) is 0 Å². The number of carboxylic acid groups (broad SMARTS) is 1. The summed E-state index contributed by atoms with van der Waals surface area (Å²) in [5.74, 6) is -1.01. The number of hydrogen-bond donors (Lipinski definition) is 6. The fraction of sp³-hybridized carbons (Fsp3) is 0.417. The molecule has 9 heteroatoms. The Morgan fingerprint density at radius 3 is 2.05 bits per heavy atom. The topological polar surface area (TPSA) is 167 Å². The number of nitrogens with one attached hydrogen (secondary N) is 2. The number of aliphatic hydroxyl groups is 1. The first kappa shape index (κ1) is 16.8. The van der Waals surface area contributed by atoms with E-state index in [1.165, 1.54) is 6.33 Å². The van der Waals surface area contributed by atoms with Gasteiger partial charge in [0, 0.05) is 31.3 Å². The normalized spacial score (nSPS) is 13.1.